The number of phosphoric acid groups is 1. The number of hydrogen-bond acceptors (Lipinski definition) is 8. The van der Waals surface area contributed by atoms with Crippen molar-refractivity contribution in [2.45, 2.75) is 161 Å². The van der Waals surface area contributed by atoms with Crippen LogP contribution in [0, 0.1) is 0 Å². The lowest BCUT2D eigenvalue weighted by atomic mass is 10.1. The van der Waals surface area contributed by atoms with Gasteiger partial charge in [-0.2, -0.15) is 0 Å². The average molecular weight is 738 g/mol. The van der Waals surface area contributed by atoms with E-state index in [-0.39, 0.29) is 32.6 Å². The Labute approximate surface area is 310 Å². The summed E-state index contributed by atoms with van der Waals surface area (Å²) < 4.78 is 32.6. The minimum atomic E-state index is -4.39. The van der Waals surface area contributed by atoms with Crippen LogP contribution in [-0.2, 0) is 32.7 Å². The first kappa shape index (κ1) is 48.7. The fourth-order valence-corrected chi connectivity index (χ4v) is 5.74. The first-order valence-electron chi connectivity index (χ1n) is 19.8. The van der Waals surface area contributed by atoms with Gasteiger partial charge in [-0.3, -0.25) is 18.6 Å². The fraction of sp³-hybridized carbons (Fsp3) is 0.707. The van der Waals surface area contributed by atoms with Crippen LogP contribution in [0.4, 0.5) is 0 Å². The third kappa shape index (κ3) is 37.3. The molecule has 0 aromatic carbocycles. The van der Waals surface area contributed by atoms with Gasteiger partial charge in [0.1, 0.15) is 6.61 Å². The maximum absolute atomic E-state index is 12.5. The van der Waals surface area contributed by atoms with Crippen molar-refractivity contribution in [2.24, 2.45) is 5.73 Å². The summed E-state index contributed by atoms with van der Waals surface area (Å²) in [5, 5.41) is 0. The summed E-state index contributed by atoms with van der Waals surface area (Å²) in [6.07, 6.45) is 42.5. The Balaban J connectivity index is 4.30. The molecule has 294 valence electrons. The Bertz CT molecular complexity index is 1020. The van der Waals surface area contributed by atoms with Gasteiger partial charge in [0.25, 0.3) is 0 Å². The number of phosphoric ester groups is 1. The van der Waals surface area contributed by atoms with E-state index in [9.17, 15) is 19.0 Å². The van der Waals surface area contributed by atoms with Gasteiger partial charge in [0.2, 0.25) is 0 Å². The van der Waals surface area contributed by atoms with Gasteiger partial charge < -0.3 is 20.1 Å². The first-order valence-corrected chi connectivity index (χ1v) is 21.3. The van der Waals surface area contributed by atoms with E-state index in [1.165, 1.54) is 44.9 Å². The van der Waals surface area contributed by atoms with Gasteiger partial charge in [0.15, 0.2) is 6.10 Å². The molecule has 0 aliphatic heterocycles. The topological polar surface area (TPSA) is 134 Å². The molecule has 0 heterocycles. The summed E-state index contributed by atoms with van der Waals surface area (Å²) in [5.74, 6) is -0.893. The molecule has 10 heteroatoms. The van der Waals surface area contributed by atoms with Crippen LogP contribution in [0.2, 0.25) is 0 Å². The summed E-state index contributed by atoms with van der Waals surface area (Å²) in [5.41, 5.74) is 5.33. The number of esters is 2. The number of carbonyl (C=O) groups is 2. The molecule has 1 unspecified atom stereocenters. The number of hydrogen-bond donors (Lipinski definition) is 2. The van der Waals surface area contributed by atoms with E-state index in [1.54, 1.807) is 0 Å². The lowest BCUT2D eigenvalue weighted by Gasteiger charge is -2.19. The molecule has 0 aromatic heterocycles. The van der Waals surface area contributed by atoms with E-state index >= 15 is 0 Å². The average Bonchev–Trinajstić information content (AvgIpc) is 3.11. The van der Waals surface area contributed by atoms with E-state index in [2.05, 4.69) is 74.6 Å². The van der Waals surface area contributed by atoms with Gasteiger partial charge in [-0.05, 0) is 77.0 Å². The molecule has 0 aromatic rings. The van der Waals surface area contributed by atoms with Gasteiger partial charge in [0, 0.05) is 19.4 Å². The third-order valence-corrected chi connectivity index (χ3v) is 8.87. The van der Waals surface area contributed by atoms with Crippen molar-refractivity contribution in [1.82, 2.24) is 0 Å². The van der Waals surface area contributed by atoms with Crippen LogP contribution in [0.15, 0.2) is 60.8 Å². The zero-order chi connectivity index (χ0) is 37.5. The molecular weight excluding hydrogens is 665 g/mol. The highest BCUT2D eigenvalue weighted by molar-refractivity contribution is 7.47. The second kappa shape index (κ2) is 37.5. The number of unbranched alkanes of at least 4 members (excludes halogenated alkanes) is 13. The van der Waals surface area contributed by atoms with E-state index in [0.29, 0.717) is 12.8 Å². The molecule has 0 spiro atoms. The van der Waals surface area contributed by atoms with Gasteiger partial charge in [-0.1, -0.05) is 126 Å². The third-order valence-electron chi connectivity index (χ3n) is 7.89. The van der Waals surface area contributed by atoms with E-state index in [1.807, 2.05) is 0 Å². The Kier molecular flexibility index (Phi) is 35.8. The number of rotatable bonds is 36. The molecule has 51 heavy (non-hydrogen) atoms. The largest absolute Gasteiger partial charge is 0.472 e. The second-order valence-corrected chi connectivity index (χ2v) is 14.2. The standard InChI is InChI=1S/C41H72NO8P/c1-3-5-7-9-11-13-15-17-19-21-23-25-27-29-31-33-40(43)47-37-39(38-49-51(45,46)48-36-35-42)50-41(44)34-32-30-28-26-24-22-20-18-16-14-12-10-8-6-4-2/h5,7,11,13,17-20,23,25,39H,3-4,6,8-10,12,14-16,21-22,24,26-38,42H2,1-2H3,(H,45,46)/b7-5-,13-11-,19-17-,20-18-,25-23-/t39-/m1/s1. The minimum Gasteiger partial charge on any atom is -0.462 e. The Morgan fingerprint density at radius 3 is 1.67 bits per heavy atom. The normalized spacial score (nSPS) is 14.0. The molecule has 0 rings (SSSR count). The zero-order valence-electron chi connectivity index (χ0n) is 32.1. The van der Waals surface area contributed by atoms with Crippen LogP contribution in [0.5, 0.6) is 0 Å². The fourth-order valence-electron chi connectivity index (χ4n) is 4.97. The molecule has 2 atom stereocenters. The highest BCUT2D eigenvalue weighted by Crippen LogP contribution is 2.43. The van der Waals surface area contributed by atoms with Crippen molar-refractivity contribution in [3.8, 4) is 0 Å². The highest BCUT2D eigenvalue weighted by atomic mass is 31.2. The molecule has 0 bridgehead atoms. The van der Waals surface area contributed by atoms with Crippen LogP contribution in [0.1, 0.15) is 155 Å². The second-order valence-electron chi connectivity index (χ2n) is 12.8. The van der Waals surface area contributed by atoms with Crippen LogP contribution in [0.3, 0.4) is 0 Å². The van der Waals surface area contributed by atoms with E-state index in [0.717, 1.165) is 70.6 Å². The molecule has 0 saturated carbocycles. The number of carbonyl (C=O) groups excluding carboxylic acids is 2. The van der Waals surface area contributed by atoms with Gasteiger partial charge in [-0.25, -0.2) is 4.57 Å². The van der Waals surface area contributed by atoms with E-state index < -0.39 is 32.5 Å². The number of ether oxygens (including phenoxy) is 2. The van der Waals surface area contributed by atoms with Crippen LogP contribution < -0.4 is 5.73 Å². The predicted octanol–water partition coefficient (Wildman–Crippen LogP) is 10.9. The SMILES string of the molecule is CC/C=C\C/C=C\C/C=C\C/C=C\CCCCC(=O)OC[C@H](COP(=O)(O)OCCN)OC(=O)CCCCCCC/C=C\CCCCCCCC. The lowest BCUT2D eigenvalue weighted by Crippen LogP contribution is -2.29. The summed E-state index contributed by atoms with van der Waals surface area (Å²) in [6.45, 7) is 3.53. The zero-order valence-corrected chi connectivity index (χ0v) is 33.0. The smallest absolute Gasteiger partial charge is 0.462 e. The molecular formula is C41H72NO8P. The van der Waals surface area contributed by atoms with Gasteiger partial charge >= 0.3 is 19.8 Å². The monoisotopic (exact) mass is 737 g/mol. The lowest BCUT2D eigenvalue weighted by molar-refractivity contribution is -0.161. The van der Waals surface area contributed by atoms with Crippen LogP contribution in [-0.4, -0.2) is 49.3 Å². The van der Waals surface area contributed by atoms with Crippen molar-refractivity contribution in [3.05, 3.63) is 60.8 Å². The summed E-state index contributed by atoms with van der Waals surface area (Å²) >= 11 is 0. The molecule has 0 amide bonds. The molecule has 0 radical (unpaired) electrons. The van der Waals surface area contributed by atoms with E-state index in [4.69, 9.17) is 24.3 Å². The van der Waals surface area contributed by atoms with Crippen molar-refractivity contribution in [2.75, 3.05) is 26.4 Å². The maximum atomic E-state index is 12.5. The van der Waals surface area contributed by atoms with Crippen molar-refractivity contribution in [1.29, 1.82) is 0 Å². The van der Waals surface area contributed by atoms with Crippen LogP contribution in [0.25, 0.3) is 0 Å². The molecule has 3 N–H and O–H groups in total. The summed E-state index contributed by atoms with van der Waals surface area (Å²) in [7, 11) is -4.39. The molecule has 0 aliphatic rings. The van der Waals surface area contributed by atoms with Gasteiger partial charge in [-0.15, -0.1) is 0 Å². The van der Waals surface area contributed by atoms with Gasteiger partial charge in [0.05, 0.1) is 13.2 Å². The first-order chi connectivity index (χ1) is 24.8. The Morgan fingerprint density at radius 2 is 1.08 bits per heavy atom. The predicted molar refractivity (Wildman–Crippen MR) is 210 cm³/mol. The summed E-state index contributed by atoms with van der Waals surface area (Å²) in [6, 6.07) is 0. The molecule has 0 saturated heterocycles. The Hall–Kier alpha value is -2.29. The number of nitrogens with two attached hydrogens (primary N) is 1. The summed E-state index contributed by atoms with van der Waals surface area (Å²) in [4.78, 5) is 34.7. The van der Waals surface area contributed by atoms with Crippen molar-refractivity contribution in [3.63, 3.8) is 0 Å². The molecule has 9 nitrogen and oxygen atoms in total. The van der Waals surface area contributed by atoms with Crippen LogP contribution >= 0.6 is 7.82 Å². The Morgan fingerprint density at radius 1 is 0.608 bits per heavy atom. The van der Waals surface area contributed by atoms with Crippen molar-refractivity contribution >= 4 is 19.8 Å². The van der Waals surface area contributed by atoms with Crippen molar-refractivity contribution < 1.29 is 37.6 Å². The number of allylic oxidation sites excluding steroid dienone is 10. The quantitative estimate of drug-likeness (QED) is 0.0279. The maximum Gasteiger partial charge on any atom is 0.472 e. The molecule has 0 fully saturated rings. The minimum absolute atomic E-state index is 0.0438. The molecule has 0 aliphatic carbocycles. The highest BCUT2D eigenvalue weighted by Gasteiger charge is 2.25.